The minimum atomic E-state index is 0.190. The molecular weight excluding hydrogens is 230 g/mol. The normalized spacial score (nSPS) is 12.4. The summed E-state index contributed by atoms with van der Waals surface area (Å²) in [7, 11) is 0. The molecule has 0 aliphatic rings. The zero-order valence-electron chi connectivity index (χ0n) is 11.1. The molecule has 0 bridgehead atoms. The van der Waals surface area contributed by atoms with Crippen molar-refractivity contribution in [1.29, 1.82) is 0 Å². The number of carbonyl (C=O) groups excluding carboxylic acids is 1. The molecule has 1 N–H and O–H groups in total. The molecule has 0 saturated carbocycles. The highest BCUT2D eigenvalue weighted by Gasteiger charge is 2.15. The minimum absolute atomic E-state index is 0.190. The van der Waals surface area contributed by atoms with Gasteiger partial charge in [-0.2, -0.15) is 0 Å². The first-order valence-electron chi connectivity index (χ1n) is 6.49. The summed E-state index contributed by atoms with van der Waals surface area (Å²) in [6, 6.07) is 2.10. The van der Waals surface area contributed by atoms with Crippen LogP contribution in [0.15, 0.2) is 11.4 Å². The molecule has 96 valence electrons. The quantitative estimate of drug-likeness (QED) is 0.785. The Labute approximate surface area is 108 Å². The van der Waals surface area contributed by atoms with Gasteiger partial charge in [-0.3, -0.25) is 4.79 Å². The summed E-state index contributed by atoms with van der Waals surface area (Å²) in [6.45, 7) is 7.03. The van der Waals surface area contributed by atoms with Crippen LogP contribution in [-0.4, -0.2) is 5.91 Å². The molecule has 2 nitrogen and oxygen atoms in total. The monoisotopic (exact) mass is 253 g/mol. The highest BCUT2D eigenvalue weighted by molar-refractivity contribution is 7.10. The Balaban J connectivity index is 2.39. The van der Waals surface area contributed by atoms with Gasteiger partial charge in [0.1, 0.15) is 0 Å². The number of thiophene rings is 1. The van der Waals surface area contributed by atoms with Gasteiger partial charge in [-0.1, -0.05) is 26.7 Å². The first kappa shape index (κ1) is 14.2. The Kier molecular flexibility index (Phi) is 6.27. The maximum absolute atomic E-state index is 12.0. The van der Waals surface area contributed by atoms with Crippen LogP contribution in [0.2, 0.25) is 0 Å². The van der Waals surface area contributed by atoms with E-state index >= 15 is 0 Å². The fourth-order valence-electron chi connectivity index (χ4n) is 1.87. The van der Waals surface area contributed by atoms with Crippen molar-refractivity contribution in [1.82, 2.24) is 5.32 Å². The van der Waals surface area contributed by atoms with Crippen LogP contribution in [0, 0.1) is 12.8 Å². The number of amides is 1. The van der Waals surface area contributed by atoms with Crippen molar-refractivity contribution in [3.8, 4) is 0 Å². The van der Waals surface area contributed by atoms with E-state index in [0.717, 1.165) is 25.7 Å². The molecule has 1 amide bonds. The van der Waals surface area contributed by atoms with E-state index < -0.39 is 0 Å². The van der Waals surface area contributed by atoms with Crippen LogP contribution < -0.4 is 5.32 Å². The smallest absolute Gasteiger partial charge is 0.223 e. The summed E-state index contributed by atoms with van der Waals surface area (Å²) in [6.07, 6.45) is 4.26. The van der Waals surface area contributed by atoms with Crippen molar-refractivity contribution in [2.75, 3.05) is 0 Å². The molecule has 1 aromatic rings. The lowest BCUT2D eigenvalue weighted by Gasteiger charge is -2.14. The molecule has 0 aromatic carbocycles. The Morgan fingerprint density at radius 2 is 2.24 bits per heavy atom. The Morgan fingerprint density at radius 3 is 2.76 bits per heavy atom. The van der Waals surface area contributed by atoms with Gasteiger partial charge < -0.3 is 5.32 Å². The Bertz CT molecular complexity index is 346. The van der Waals surface area contributed by atoms with Gasteiger partial charge in [0.25, 0.3) is 0 Å². The van der Waals surface area contributed by atoms with Crippen LogP contribution >= 0.6 is 11.3 Å². The van der Waals surface area contributed by atoms with Gasteiger partial charge in [-0.15, -0.1) is 11.3 Å². The number of hydrogen-bond donors (Lipinski definition) is 1. The third-order valence-corrected chi connectivity index (χ3v) is 4.18. The summed E-state index contributed by atoms with van der Waals surface area (Å²) < 4.78 is 0. The van der Waals surface area contributed by atoms with E-state index in [-0.39, 0.29) is 11.8 Å². The number of carbonyl (C=O) groups is 1. The van der Waals surface area contributed by atoms with Gasteiger partial charge in [-0.25, -0.2) is 0 Å². The molecule has 0 aliphatic heterocycles. The SMILES string of the molecule is CCCCC(CC)C(=O)NCc1sccc1C. The highest BCUT2D eigenvalue weighted by atomic mass is 32.1. The molecule has 1 rings (SSSR count). The third-order valence-electron chi connectivity index (χ3n) is 3.16. The Morgan fingerprint density at radius 1 is 1.47 bits per heavy atom. The summed E-state index contributed by atoms with van der Waals surface area (Å²) in [5, 5.41) is 5.13. The van der Waals surface area contributed by atoms with Gasteiger partial charge in [0.15, 0.2) is 0 Å². The van der Waals surface area contributed by atoms with Gasteiger partial charge >= 0.3 is 0 Å². The third kappa shape index (κ3) is 4.50. The van der Waals surface area contributed by atoms with Crippen molar-refractivity contribution >= 4 is 17.2 Å². The maximum atomic E-state index is 12.0. The summed E-state index contributed by atoms with van der Waals surface area (Å²) >= 11 is 1.71. The fourth-order valence-corrected chi connectivity index (χ4v) is 2.71. The van der Waals surface area contributed by atoms with Crippen LogP contribution in [0.5, 0.6) is 0 Å². The van der Waals surface area contributed by atoms with Gasteiger partial charge in [0.2, 0.25) is 5.91 Å². The molecule has 0 spiro atoms. The molecule has 1 atom stereocenters. The van der Waals surface area contributed by atoms with E-state index in [1.54, 1.807) is 11.3 Å². The van der Waals surface area contributed by atoms with Crippen LogP contribution in [0.4, 0.5) is 0 Å². The highest BCUT2D eigenvalue weighted by Crippen LogP contribution is 2.16. The largest absolute Gasteiger partial charge is 0.351 e. The topological polar surface area (TPSA) is 29.1 Å². The predicted molar refractivity (Wildman–Crippen MR) is 74.2 cm³/mol. The first-order chi connectivity index (χ1) is 8.19. The summed E-state index contributed by atoms with van der Waals surface area (Å²) in [4.78, 5) is 13.2. The zero-order valence-corrected chi connectivity index (χ0v) is 11.9. The predicted octanol–water partition coefficient (Wildman–Crippen LogP) is 3.89. The number of hydrogen-bond acceptors (Lipinski definition) is 2. The van der Waals surface area contributed by atoms with Crippen LogP contribution in [0.1, 0.15) is 50.0 Å². The molecule has 3 heteroatoms. The molecule has 1 aromatic heterocycles. The van der Waals surface area contributed by atoms with E-state index in [2.05, 4.69) is 37.5 Å². The first-order valence-corrected chi connectivity index (χ1v) is 7.37. The average molecular weight is 253 g/mol. The molecule has 1 heterocycles. The van der Waals surface area contributed by atoms with Crippen LogP contribution in [0.25, 0.3) is 0 Å². The summed E-state index contributed by atoms with van der Waals surface area (Å²) in [5.41, 5.74) is 1.27. The van der Waals surface area contributed by atoms with Crippen LogP contribution in [0.3, 0.4) is 0 Å². The van der Waals surface area contributed by atoms with E-state index in [0.29, 0.717) is 6.54 Å². The molecule has 0 aliphatic carbocycles. The standard InChI is InChI=1S/C14H23NOS/c1-4-6-7-12(5-2)14(16)15-10-13-11(3)8-9-17-13/h8-9,12H,4-7,10H2,1-3H3,(H,15,16). The maximum Gasteiger partial charge on any atom is 0.223 e. The van der Waals surface area contributed by atoms with Crippen molar-refractivity contribution in [3.05, 3.63) is 21.9 Å². The van der Waals surface area contributed by atoms with E-state index in [4.69, 9.17) is 0 Å². The lowest BCUT2D eigenvalue weighted by atomic mass is 9.98. The molecular formula is C14H23NOS. The zero-order chi connectivity index (χ0) is 12.7. The molecule has 0 fully saturated rings. The van der Waals surface area contributed by atoms with Crippen molar-refractivity contribution in [2.24, 2.45) is 5.92 Å². The van der Waals surface area contributed by atoms with E-state index in [1.807, 2.05) is 0 Å². The number of rotatable bonds is 7. The van der Waals surface area contributed by atoms with Crippen molar-refractivity contribution < 1.29 is 4.79 Å². The average Bonchev–Trinajstić information content (AvgIpc) is 2.73. The number of unbranched alkanes of at least 4 members (excludes halogenated alkanes) is 1. The Hall–Kier alpha value is -0.830. The lowest BCUT2D eigenvalue weighted by molar-refractivity contribution is -0.125. The second-order valence-corrected chi connectivity index (χ2v) is 5.49. The number of nitrogens with one attached hydrogen (secondary N) is 1. The second-order valence-electron chi connectivity index (χ2n) is 4.49. The van der Waals surface area contributed by atoms with Gasteiger partial charge in [-0.05, 0) is 36.8 Å². The van der Waals surface area contributed by atoms with Gasteiger partial charge in [0.05, 0.1) is 6.54 Å². The minimum Gasteiger partial charge on any atom is -0.351 e. The van der Waals surface area contributed by atoms with Crippen LogP contribution in [-0.2, 0) is 11.3 Å². The molecule has 0 radical (unpaired) electrons. The number of aryl methyl sites for hydroxylation is 1. The second kappa shape index (κ2) is 7.49. The fraction of sp³-hybridized carbons (Fsp3) is 0.643. The lowest BCUT2D eigenvalue weighted by Crippen LogP contribution is -2.29. The van der Waals surface area contributed by atoms with E-state index in [9.17, 15) is 4.79 Å². The molecule has 1 unspecified atom stereocenters. The van der Waals surface area contributed by atoms with Crippen molar-refractivity contribution in [2.45, 2.75) is 53.0 Å². The summed E-state index contributed by atoms with van der Waals surface area (Å²) in [5.74, 6) is 0.406. The van der Waals surface area contributed by atoms with E-state index in [1.165, 1.54) is 10.4 Å². The van der Waals surface area contributed by atoms with Crippen molar-refractivity contribution in [3.63, 3.8) is 0 Å². The molecule has 0 saturated heterocycles. The molecule has 17 heavy (non-hydrogen) atoms. The van der Waals surface area contributed by atoms with Gasteiger partial charge in [0, 0.05) is 10.8 Å².